The molecule has 1 aromatic carbocycles. The minimum atomic E-state index is -3.06. The monoisotopic (exact) mass is 271 g/mol. The van der Waals surface area contributed by atoms with Gasteiger partial charge in [0.05, 0.1) is 12.9 Å². The molecule has 1 aromatic rings. The van der Waals surface area contributed by atoms with E-state index in [4.69, 9.17) is 4.74 Å². The van der Waals surface area contributed by atoms with Crippen LogP contribution in [0, 0.1) is 5.82 Å². The number of benzene rings is 1. The molecule has 0 radical (unpaired) electrons. The van der Waals surface area contributed by atoms with E-state index in [1.807, 2.05) is 0 Å². The summed E-state index contributed by atoms with van der Waals surface area (Å²) in [5.41, 5.74) is 0.742. The molecule has 0 amide bonds. The van der Waals surface area contributed by atoms with Crippen LogP contribution in [0.5, 0.6) is 5.75 Å². The minimum absolute atomic E-state index is 0.0611. The summed E-state index contributed by atoms with van der Waals surface area (Å²) in [6.07, 6.45) is 1.61. The summed E-state index contributed by atoms with van der Waals surface area (Å²) in [6, 6.07) is 4.45. The van der Waals surface area contributed by atoms with Gasteiger partial charge in [-0.15, -0.1) is 0 Å². The zero-order chi connectivity index (χ0) is 13.2. The quantitative estimate of drug-likeness (QED) is 0.895. The third kappa shape index (κ3) is 3.08. The van der Waals surface area contributed by atoms with Gasteiger partial charge < -0.3 is 10.1 Å². The van der Waals surface area contributed by atoms with Gasteiger partial charge in [-0.2, -0.15) is 0 Å². The Labute approximate surface area is 105 Å². The van der Waals surface area contributed by atoms with Crippen LogP contribution in [0.25, 0.3) is 0 Å². The number of halogens is 1. The molecule has 1 aliphatic heterocycles. The third-order valence-electron chi connectivity index (χ3n) is 2.71. The molecule has 4 nitrogen and oxygen atoms in total. The Kier molecular flexibility index (Phi) is 3.68. The second-order valence-corrected chi connectivity index (χ2v) is 6.05. The highest BCUT2D eigenvalue weighted by Gasteiger charge is 2.20. The predicted molar refractivity (Wildman–Crippen MR) is 66.5 cm³/mol. The number of methoxy groups -OCH3 is 1. The molecule has 1 aliphatic rings. The summed E-state index contributed by atoms with van der Waals surface area (Å²) in [6.45, 7) is 0.408. The molecule has 1 heterocycles. The average Bonchev–Trinajstić information content (AvgIpc) is 2.66. The summed E-state index contributed by atoms with van der Waals surface area (Å²) in [4.78, 5) is 0. The summed E-state index contributed by atoms with van der Waals surface area (Å²) in [7, 11) is -1.65. The van der Waals surface area contributed by atoms with E-state index < -0.39 is 15.7 Å². The predicted octanol–water partition coefficient (Wildman–Crippen LogP) is 1.23. The van der Waals surface area contributed by atoms with Gasteiger partial charge in [0.1, 0.15) is 0 Å². The van der Waals surface area contributed by atoms with Crippen molar-refractivity contribution in [3.05, 3.63) is 41.1 Å². The number of ether oxygens (including phenoxy) is 1. The average molecular weight is 271 g/mol. The maximum atomic E-state index is 13.4. The number of sulfone groups is 1. The van der Waals surface area contributed by atoms with Crippen molar-refractivity contribution in [3.63, 3.8) is 0 Å². The van der Waals surface area contributed by atoms with Gasteiger partial charge in [-0.25, -0.2) is 12.8 Å². The van der Waals surface area contributed by atoms with Crippen molar-refractivity contribution in [2.75, 3.05) is 12.9 Å². The van der Waals surface area contributed by atoms with Crippen LogP contribution in [-0.4, -0.2) is 27.3 Å². The summed E-state index contributed by atoms with van der Waals surface area (Å²) in [5, 5.41) is 4.25. The first-order valence-corrected chi connectivity index (χ1v) is 7.18. The Morgan fingerprint density at radius 1 is 1.50 bits per heavy atom. The van der Waals surface area contributed by atoms with Crippen LogP contribution >= 0.6 is 0 Å². The molecule has 1 unspecified atom stereocenters. The second kappa shape index (κ2) is 5.07. The van der Waals surface area contributed by atoms with Gasteiger partial charge in [-0.05, 0) is 17.7 Å². The Hall–Kier alpha value is -1.40. The number of rotatable bonds is 4. The third-order valence-corrected chi connectivity index (χ3v) is 4.11. The largest absolute Gasteiger partial charge is 0.494 e. The van der Waals surface area contributed by atoms with Gasteiger partial charge in [0.15, 0.2) is 21.4 Å². The molecular weight excluding hydrogens is 257 g/mol. The summed E-state index contributed by atoms with van der Waals surface area (Å²) < 4.78 is 40.6. The fourth-order valence-corrected chi connectivity index (χ4v) is 3.04. The lowest BCUT2D eigenvalue weighted by Crippen LogP contribution is -2.29. The van der Waals surface area contributed by atoms with Crippen molar-refractivity contribution in [1.29, 1.82) is 0 Å². The number of hydrogen-bond donors (Lipinski definition) is 1. The highest BCUT2D eigenvalue weighted by atomic mass is 32.2. The van der Waals surface area contributed by atoms with E-state index in [1.54, 1.807) is 18.2 Å². The molecular formula is C12H14FNO3S. The van der Waals surface area contributed by atoms with E-state index in [0.29, 0.717) is 6.54 Å². The van der Waals surface area contributed by atoms with E-state index in [0.717, 1.165) is 5.56 Å². The lowest BCUT2D eigenvalue weighted by molar-refractivity contribution is 0.386. The van der Waals surface area contributed by atoms with Crippen molar-refractivity contribution in [2.45, 2.75) is 12.6 Å². The molecule has 0 saturated carbocycles. The molecule has 0 fully saturated rings. The SMILES string of the molecule is COc1ccc(CNC2C=CS(=O)(=O)C2)cc1F. The Balaban J connectivity index is 1.95. The maximum Gasteiger partial charge on any atom is 0.173 e. The normalized spacial score (nSPS) is 21.1. The lowest BCUT2D eigenvalue weighted by Gasteiger charge is -2.10. The van der Waals surface area contributed by atoms with Gasteiger partial charge in [-0.3, -0.25) is 0 Å². The van der Waals surface area contributed by atoms with E-state index >= 15 is 0 Å². The van der Waals surface area contributed by atoms with Crippen LogP contribution in [0.4, 0.5) is 4.39 Å². The van der Waals surface area contributed by atoms with Crippen LogP contribution in [0.2, 0.25) is 0 Å². The maximum absolute atomic E-state index is 13.4. The highest BCUT2D eigenvalue weighted by molar-refractivity contribution is 7.94. The van der Waals surface area contributed by atoms with E-state index in [9.17, 15) is 12.8 Å². The Morgan fingerprint density at radius 3 is 2.83 bits per heavy atom. The molecule has 1 N–H and O–H groups in total. The standard InChI is InChI=1S/C12H14FNO3S/c1-17-12-3-2-9(6-11(12)13)7-14-10-4-5-18(15,16)8-10/h2-6,10,14H,7-8H2,1H3. The lowest BCUT2D eigenvalue weighted by atomic mass is 10.2. The van der Waals surface area contributed by atoms with E-state index in [1.165, 1.54) is 18.6 Å². The molecule has 2 rings (SSSR count). The first-order chi connectivity index (χ1) is 8.50. The second-order valence-electron chi connectivity index (χ2n) is 4.11. The van der Waals surface area contributed by atoms with Crippen molar-refractivity contribution < 1.29 is 17.5 Å². The minimum Gasteiger partial charge on any atom is -0.494 e. The zero-order valence-corrected chi connectivity index (χ0v) is 10.7. The topological polar surface area (TPSA) is 55.4 Å². The molecule has 98 valence electrons. The number of nitrogens with one attached hydrogen (secondary N) is 1. The smallest absolute Gasteiger partial charge is 0.173 e. The first kappa shape index (κ1) is 13.0. The van der Waals surface area contributed by atoms with Crippen LogP contribution < -0.4 is 10.1 Å². The van der Waals surface area contributed by atoms with Crippen molar-refractivity contribution in [2.24, 2.45) is 0 Å². The van der Waals surface area contributed by atoms with Gasteiger partial charge in [0.2, 0.25) is 0 Å². The van der Waals surface area contributed by atoms with Gasteiger partial charge >= 0.3 is 0 Å². The van der Waals surface area contributed by atoms with Gasteiger partial charge in [-0.1, -0.05) is 12.1 Å². The number of hydrogen-bond acceptors (Lipinski definition) is 4. The Morgan fingerprint density at radius 2 is 2.28 bits per heavy atom. The molecule has 1 atom stereocenters. The van der Waals surface area contributed by atoms with E-state index in [2.05, 4.69) is 5.32 Å². The van der Waals surface area contributed by atoms with Crippen LogP contribution in [0.15, 0.2) is 29.7 Å². The molecule has 6 heteroatoms. The summed E-state index contributed by atoms with van der Waals surface area (Å²) in [5.74, 6) is -0.167. The molecule has 0 bridgehead atoms. The first-order valence-electron chi connectivity index (χ1n) is 5.47. The Bertz CT molecular complexity index is 569. The van der Waals surface area contributed by atoms with Gasteiger partial charge in [0, 0.05) is 18.0 Å². The fourth-order valence-electron chi connectivity index (χ4n) is 1.77. The molecule has 0 saturated heterocycles. The molecule has 18 heavy (non-hydrogen) atoms. The molecule has 0 aromatic heterocycles. The molecule has 0 aliphatic carbocycles. The van der Waals surface area contributed by atoms with Crippen LogP contribution in [0.1, 0.15) is 5.56 Å². The highest BCUT2D eigenvalue weighted by Crippen LogP contribution is 2.18. The van der Waals surface area contributed by atoms with Crippen molar-refractivity contribution in [3.8, 4) is 5.75 Å². The fraction of sp³-hybridized carbons (Fsp3) is 0.333. The van der Waals surface area contributed by atoms with Crippen molar-refractivity contribution >= 4 is 9.84 Å². The van der Waals surface area contributed by atoms with E-state index in [-0.39, 0.29) is 17.5 Å². The zero-order valence-electron chi connectivity index (χ0n) is 9.89. The summed E-state index contributed by atoms with van der Waals surface area (Å²) >= 11 is 0. The molecule has 0 spiro atoms. The van der Waals surface area contributed by atoms with Gasteiger partial charge in [0.25, 0.3) is 0 Å². The van der Waals surface area contributed by atoms with Crippen LogP contribution in [0.3, 0.4) is 0 Å². The van der Waals surface area contributed by atoms with Crippen LogP contribution in [-0.2, 0) is 16.4 Å². The van der Waals surface area contributed by atoms with Crippen molar-refractivity contribution in [1.82, 2.24) is 5.32 Å².